The van der Waals surface area contributed by atoms with Gasteiger partial charge in [0.05, 0.1) is 28.0 Å². The second-order valence-electron chi connectivity index (χ2n) is 5.20. The number of benzene rings is 1. The van der Waals surface area contributed by atoms with Gasteiger partial charge in [-0.2, -0.15) is 9.57 Å². The van der Waals surface area contributed by atoms with Crippen molar-refractivity contribution in [1.29, 1.82) is 5.26 Å². The third kappa shape index (κ3) is 3.44. The molecule has 0 bridgehead atoms. The molecule has 5 nitrogen and oxygen atoms in total. The Morgan fingerprint density at radius 2 is 2.00 bits per heavy atom. The molecule has 23 heavy (non-hydrogen) atoms. The summed E-state index contributed by atoms with van der Waals surface area (Å²) in [5.74, 6) is 1.62. The van der Waals surface area contributed by atoms with E-state index in [0.717, 1.165) is 11.5 Å². The predicted octanol–water partition coefficient (Wildman–Crippen LogP) is 3.02. The van der Waals surface area contributed by atoms with Crippen LogP contribution < -0.4 is 0 Å². The molecule has 1 aromatic carbocycles. The molecule has 1 aliphatic heterocycles. The van der Waals surface area contributed by atoms with E-state index in [1.807, 2.05) is 18.2 Å². The van der Waals surface area contributed by atoms with Gasteiger partial charge in [-0.15, -0.1) is 11.8 Å². The molecule has 2 heterocycles. The average molecular weight is 348 g/mol. The molecule has 0 spiro atoms. The molecule has 1 fully saturated rings. The van der Waals surface area contributed by atoms with E-state index in [4.69, 9.17) is 9.68 Å². The lowest BCUT2D eigenvalue weighted by Gasteiger charge is -2.19. The summed E-state index contributed by atoms with van der Waals surface area (Å²) in [6, 6.07) is 11.8. The quantitative estimate of drug-likeness (QED) is 0.852. The van der Waals surface area contributed by atoms with Crippen LogP contribution in [0.5, 0.6) is 0 Å². The summed E-state index contributed by atoms with van der Waals surface area (Å²) < 4.78 is 32.4. The number of nitriles is 1. The predicted molar refractivity (Wildman–Crippen MR) is 88.4 cm³/mol. The maximum absolute atomic E-state index is 12.7. The molecule has 2 aromatic rings. The topological polar surface area (TPSA) is 74.3 Å². The first-order valence-electron chi connectivity index (χ1n) is 7.26. The van der Waals surface area contributed by atoms with Crippen LogP contribution >= 0.6 is 11.8 Å². The fourth-order valence-electron chi connectivity index (χ4n) is 2.54. The van der Waals surface area contributed by atoms with Gasteiger partial charge in [-0.1, -0.05) is 0 Å². The first kappa shape index (κ1) is 16.1. The molecule has 0 saturated carbocycles. The zero-order valence-corrected chi connectivity index (χ0v) is 14.0. The molecule has 7 heteroatoms. The molecule has 1 aliphatic rings. The Morgan fingerprint density at radius 1 is 1.22 bits per heavy atom. The fourth-order valence-corrected chi connectivity index (χ4v) is 5.29. The number of hydrogen-bond donors (Lipinski definition) is 0. The van der Waals surface area contributed by atoms with Crippen molar-refractivity contribution < 1.29 is 12.8 Å². The minimum atomic E-state index is -3.52. The van der Waals surface area contributed by atoms with Gasteiger partial charge in [0.25, 0.3) is 0 Å². The molecule has 0 aliphatic carbocycles. The van der Waals surface area contributed by atoms with Crippen molar-refractivity contribution in [1.82, 2.24) is 4.31 Å². The Labute approximate surface area is 140 Å². The number of hydrogen-bond acceptors (Lipinski definition) is 5. The third-order valence-corrected chi connectivity index (χ3v) is 6.98. The molecule has 0 unspecified atom stereocenters. The summed E-state index contributed by atoms with van der Waals surface area (Å²) in [7, 11) is -3.52. The smallest absolute Gasteiger partial charge is 0.243 e. The van der Waals surface area contributed by atoms with Gasteiger partial charge in [-0.3, -0.25) is 0 Å². The van der Waals surface area contributed by atoms with Gasteiger partial charge in [0.1, 0.15) is 5.76 Å². The second kappa shape index (κ2) is 6.79. The van der Waals surface area contributed by atoms with Gasteiger partial charge >= 0.3 is 0 Å². The van der Waals surface area contributed by atoms with Crippen molar-refractivity contribution in [3.63, 3.8) is 0 Å². The van der Waals surface area contributed by atoms with Gasteiger partial charge in [-0.05, 0) is 42.8 Å². The standard InChI is InChI=1S/C16H16N2O3S2/c17-12-13-3-5-14(6-4-13)23(19,20)18-8-7-16(22-11-9-18)15-2-1-10-21-15/h1-6,10,16H,7-9,11H2/t16-/m1/s1. The van der Waals surface area contributed by atoms with Crippen LogP contribution in [-0.4, -0.2) is 31.6 Å². The SMILES string of the molecule is N#Cc1ccc(S(=O)(=O)N2CCS[C@@H](c3ccco3)CC2)cc1. The molecule has 0 amide bonds. The molecule has 3 rings (SSSR count). The van der Waals surface area contributed by atoms with Crippen LogP contribution in [0, 0.1) is 11.3 Å². The van der Waals surface area contributed by atoms with E-state index < -0.39 is 10.0 Å². The van der Waals surface area contributed by atoms with Crippen LogP contribution in [0.1, 0.15) is 23.0 Å². The highest BCUT2D eigenvalue weighted by Gasteiger charge is 2.29. The van der Waals surface area contributed by atoms with Gasteiger partial charge in [0.15, 0.2) is 0 Å². The molecule has 0 radical (unpaired) electrons. The third-order valence-electron chi connectivity index (χ3n) is 3.78. The van der Waals surface area contributed by atoms with E-state index in [-0.39, 0.29) is 10.1 Å². The summed E-state index contributed by atoms with van der Waals surface area (Å²) in [5, 5.41) is 9.00. The van der Waals surface area contributed by atoms with Crippen LogP contribution in [0.3, 0.4) is 0 Å². The summed E-state index contributed by atoms with van der Waals surface area (Å²) >= 11 is 1.72. The van der Waals surface area contributed by atoms with Gasteiger partial charge in [0, 0.05) is 18.8 Å². The van der Waals surface area contributed by atoms with Crippen LogP contribution in [0.2, 0.25) is 0 Å². The average Bonchev–Trinajstić information content (AvgIpc) is 2.99. The summed E-state index contributed by atoms with van der Waals surface area (Å²) in [6.45, 7) is 0.935. The Kier molecular flexibility index (Phi) is 4.76. The number of furan rings is 1. The van der Waals surface area contributed by atoms with Crippen LogP contribution in [0.4, 0.5) is 0 Å². The molecule has 1 aromatic heterocycles. The Morgan fingerprint density at radius 3 is 2.65 bits per heavy atom. The van der Waals surface area contributed by atoms with Gasteiger partial charge in [0.2, 0.25) is 10.0 Å². The normalized spacial score (nSPS) is 19.9. The van der Waals surface area contributed by atoms with Crippen LogP contribution in [-0.2, 0) is 10.0 Å². The van der Waals surface area contributed by atoms with E-state index in [0.29, 0.717) is 25.1 Å². The lowest BCUT2D eigenvalue weighted by atomic mass is 10.2. The lowest BCUT2D eigenvalue weighted by Crippen LogP contribution is -2.33. The molecule has 1 atom stereocenters. The van der Waals surface area contributed by atoms with E-state index in [1.165, 1.54) is 28.6 Å². The monoisotopic (exact) mass is 348 g/mol. The summed E-state index contributed by atoms with van der Waals surface area (Å²) in [4.78, 5) is 0.234. The highest BCUT2D eigenvalue weighted by atomic mass is 32.2. The molecule has 1 saturated heterocycles. The fraction of sp³-hybridized carbons (Fsp3) is 0.312. The van der Waals surface area contributed by atoms with E-state index in [2.05, 4.69) is 0 Å². The number of rotatable bonds is 3. The molecular weight excluding hydrogens is 332 g/mol. The Bertz CT molecular complexity index is 793. The van der Waals surface area contributed by atoms with Crippen LogP contribution in [0.25, 0.3) is 0 Å². The maximum Gasteiger partial charge on any atom is 0.243 e. The zero-order valence-electron chi connectivity index (χ0n) is 12.4. The van der Waals surface area contributed by atoms with E-state index in [9.17, 15) is 8.42 Å². The van der Waals surface area contributed by atoms with Crippen molar-refractivity contribution in [2.75, 3.05) is 18.8 Å². The summed E-state index contributed by atoms with van der Waals surface area (Å²) in [5.41, 5.74) is 0.452. The lowest BCUT2D eigenvalue weighted by molar-refractivity contribution is 0.417. The highest BCUT2D eigenvalue weighted by Crippen LogP contribution is 2.35. The minimum Gasteiger partial charge on any atom is -0.468 e. The first-order chi connectivity index (χ1) is 11.1. The maximum atomic E-state index is 12.7. The van der Waals surface area contributed by atoms with E-state index >= 15 is 0 Å². The largest absolute Gasteiger partial charge is 0.468 e. The van der Waals surface area contributed by atoms with Crippen molar-refractivity contribution in [3.8, 4) is 6.07 Å². The van der Waals surface area contributed by atoms with E-state index in [1.54, 1.807) is 18.0 Å². The zero-order chi connectivity index (χ0) is 16.3. The molecule has 120 valence electrons. The van der Waals surface area contributed by atoms with Crippen molar-refractivity contribution in [3.05, 3.63) is 54.0 Å². The Hall–Kier alpha value is -1.75. The van der Waals surface area contributed by atoms with Crippen molar-refractivity contribution >= 4 is 21.8 Å². The number of thioether (sulfide) groups is 1. The minimum absolute atomic E-state index is 0.186. The molecule has 0 N–H and O–H groups in total. The Balaban J connectivity index is 1.76. The highest BCUT2D eigenvalue weighted by molar-refractivity contribution is 7.99. The van der Waals surface area contributed by atoms with Crippen LogP contribution in [0.15, 0.2) is 52.0 Å². The van der Waals surface area contributed by atoms with Gasteiger partial charge < -0.3 is 4.42 Å². The summed E-state index contributed by atoms with van der Waals surface area (Å²) in [6.07, 6.45) is 2.36. The number of sulfonamides is 1. The second-order valence-corrected chi connectivity index (χ2v) is 8.45. The van der Waals surface area contributed by atoms with Gasteiger partial charge in [-0.25, -0.2) is 8.42 Å². The number of nitrogens with zero attached hydrogens (tertiary/aromatic N) is 2. The molecular formula is C16H16N2O3S2. The first-order valence-corrected chi connectivity index (χ1v) is 9.75. The van der Waals surface area contributed by atoms with Crippen molar-refractivity contribution in [2.24, 2.45) is 0 Å². The van der Waals surface area contributed by atoms with Crippen molar-refractivity contribution in [2.45, 2.75) is 16.6 Å².